The summed E-state index contributed by atoms with van der Waals surface area (Å²) in [6.07, 6.45) is 12.8. The number of nitrogens with one attached hydrogen (secondary N) is 1. The normalized spacial score (nSPS) is 16.7. The van der Waals surface area contributed by atoms with Crippen molar-refractivity contribution in [2.45, 2.75) is 45.1 Å². The van der Waals surface area contributed by atoms with Crippen molar-refractivity contribution in [3.63, 3.8) is 0 Å². The molecular formula is C19H24N2. The first-order chi connectivity index (χ1) is 10.4. The summed E-state index contributed by atoms with van der Waals surface area (Å²) in [5, 5.41) is 6.22. The van der Waals surface area contributed by atoms with Crippen LogP contribution in [0.15, 0.2) is 48.3 Å². The van der Waals surface area contributed by atoms with Crippen molar-refractivity contribution in [1.82, 2.24) is 10.3 Å². The Kier molecular flexibility index (Phi) is 4.66. The molecular weight excluding hydrogens is 256 g/mol. The number of benzene rings is 1. The number of rotatable bonds is 5. The molecule has 0 fully saturated rings. The Morgan fingerprint density at radius 3 is 2.90 bits per heavy atom. The molecule has 110 valence electrons. The zero-order valence-corrected chi connectivity index (χ0v) is 12.8. The quantitative estimate of drug-likeness (QED) is 0.798. The number of allylic oxidation sites excluding steroid dienone is 1. The highest BCUT2D eigenvalue weighted by molar-refractivity contribution is 5.85. The van der Waals surface area contributed by atoms with Gasteiger partial charge in [0.2, 0.25) is 0 Å². The van der Waals surface area contributed by atoms with E-state index in [2.05, 4.69) is 47.6 Å². The molecule has 0 bridgehead atoms. The van der Waals surface area contributed by atoms with Crippen LogP contribution in [-0.4, -0.2) is 11.5 Å². The van der Waals surface area contributed by atoms with Crippen LogP contribution in [0.25, 0.3) is 10.8 Å². The van der Waals surface area contributed by atoms with E-state index in [0.29, 0.717) is 6.04 Å². The molecule has 1 N–H and O–H groups in total. The van der Waals surface area contributed by atoms with Crippen molar-refractivity contribution in [2.75, 3.05) is 6.54 Å². The molecule has 0 saturated heterocycles. The van der Waals surface area contributed by atoms with Gasteiger partial charge in [-0.15, -0.1) is 0 Å². The number of hydrogen-bond acceptors (Lipinski definition) is 2. The summed E-state index contributed by atoms with van der Waals surface area (Å²) in [5.74, 6) is 0. The van der Waals surface area contributed by atoms with E-state index >= 15 is 0 Å². The van der Waals surface area contributed by atoms with Gasteiger partial charge < -0.3 is 5.32 Å². The molecule has 21 heavy (non-hydrogen) atoms. The van der Waals surface area contributed by atoms with Gasteiger partial charge in [-0.25, -0.2) is 0 Å². The van der Waals surface area contributed by atoms with Crippen LogP contribution < -0.4 is 5.32 Å². The lowest BCUT2D eigenvalue weighted by atomic mass is 9.90. The van der Waals surface area contributed by atoms with Crippen LogP contribution in [-0.2, 0) is 0 Å². The van der Waals surface area contributed by atoms with Gasteiger partial charge >= 0.3 is 0 Å². The standard InChI is InChI=1S/C19H24N2/c1-2-21-19(12-15-8-4-3-5-9-15)18-14-20-13-16-10-6-7-11-17(16)18/h6-8,10-11,13-14,19,21H,2-5,9,12H2,1H3. The molecule has 0 aliphatic heterocycles. The molecule has 0 spiro atoms. The van der Waals surface area contributed by atoms with E-state index in [-0.39, 0.29) is 0 Å². The van der Waals surface area contributed by atoms with Crippen molar-refractivity contribution < 1.29 is 0 Å². The summed E-state index contributed by atoms with van der Waals surface area (Å²) >= 11 is 0. The Morgan fingerprint density at radius 2 is 2.10 bits per heavy atom. The molecule has 1 unspecified atom stereocenters. The summed E-state index contributed by atoms with van der Waals surface area (Å²) in [7, 11) is 0. The molecule has 2 aromatic rings. The number of pyridine rings is 1. The van der Waals surface area contributed by atoms with E-state index < -0.39 is 0 Å². The Morgan fingerprint density at radius 1 is 1.19 bits per heavy atom. The van der Waals surface area contributed by atoms with E-state index in [1.807, 2.05) is 12.4 Å². The molecule has 1 heterocycles. The first-order valence-electron chi connectivity index (χ1n) is 8.12. The third-order valence-electron chi connectivity index (χ3n) is 4.38. The van der Waals surface area contributed by atoms with Crippen molar-refractivity contribution in [1.29, 1.82) is 0 Å². The lowest BCUT2D eigenvalue weighted by Crippen LogP contribution is -2.22. The van der Waals surface area contributed by atoms with E-state index in [0.717, 1.165) is 13.0 Å². The van der Waals surface area contributed by atoms with E-state index in [1.54, 1.807) is 5.57 Å². The minimum atomic E-state index is 0.373. The summed E-state index contributed by atoms with van der Waals surface area (Å²) in [5.41, 5.74) is 2.95. The SMILES string of the molecule is CCNC(CC1=CCCCC1)c1cncc2ccccc12. The van der Waals surface area contributed by atoms with Gasteiger partial charge in [-0.2, -0.15) is 0 Å². The van der Waals surface area contributed by atoms with Gasteiger partial charge in [0.15, 0.2) is 0 Å². The molecule has 0 amide bonds. The van der Waals surface area contributed by atoms with Gasteiger partial charge in [0.25, 0.3) is 0 Å². The molecule has 1 aromatic heterocycles. The van der Waals surface area contributed by atoms with Crippen LogP contribution in [0.5, 0.6) is 0 Å². The fourth-order valence-electron chi connectivity index (χ4n) is 3.31. The third kappa shape index (κ3) is 3.33. The lowest BCUT2D eigenvalue weighted by molar-refractivity contribution is 0.529. The maximum absolute atomic E-state index is 4.45. The molecule has 1 atom stereocenters. The van der Waals surface area contributed by atoms with Crippen LogP contribution in [0.4, 0.5) is 0 Å². The van der Waals surface area contributed by atoms with Gasteiger partial charge in [-0.1, -0.05) is 42.8 Å². The predicted octanol–water partition coefficient (Wildman–Crippen LogP) is 4.78. The monoisotopic (exact) mass is 280 g/mol. The van der Waals surface area contributed by atoms with E-state index in [4.69, 9.17) is 0 Å². The molecule has 1 aromatic carbocycles. The zero-order valence-electron chi connectivity index (χ0n) is 12.8. The van der Waals surface area contributed by atoms with E-state index in [9.17, 15) is 0 Å². The molecule has 1 aliphatic rings. The van der Waals surface area contributed by atoms with Crippen molar-refractivity contribution in [2.24, 2.45) is 0 Å². The van der Waals surface area contributed by atoms with Crippen molar-refractivity contribution >= 4 is 10.8 Å². The maximum Gasteiger partial charge on any atom is 0.0379 e. The van der Waals surface area contributed by atoms with Gasteiger partial charge in [0.05, 0.1) is 0 Å². The summed E-state index contributed by atoms with van der Waals surface area (Å²) in [6, 6.07) is 8.94. The Labute approximate surface area is 127 Å². The molecule has 2 heteroatoms. The summed E-state index contributed by atoms with van der Waals surface area (Å²) in [6.45, 7) is 3.17. The summed E-state index contributed by atoms with van der Waals surface area (Å²) in [4.78, 5) is 4.45. The van der Waals surface area contributed by atoms with Crippen LogP contribution in [0.1, 0.15) is 50.6 Å². The Hall–Kier alpha value is -1.67. The number of nitrogens with zero attached hydrogens (tertiary/aromatic N) is 1. The minimum absolute atomic E-state index is 0.373. The second-order valence-corrected chi connectivity index (χ2v) is 5.87. The Bertz CT molecular complexity index is 625. The van der Waals surface area contributed by atoms with Gasteiger partial charge in [0.1, 0.15) is 0 Å². The van der Waals surface area contributed by atoms with Crippen LogP contribution in [0, 0.1) is 0 Å². The third-order valence-corrected chi connectivity index (χ3v) is 4.38. The largest absolute Gasteiger partial charge is 0.310 e. The lowest BCUT2D eigenvalue weighted by Gasteiger charge is -2.23. The van der Waals surface area contributed by atoms with Crippen LogP contribution in [0.2, 0.25) is 0 Å². The minimum Gasteiger partial charge on any atom is -0.310 e. The number of hydrogen-bond donors (Lipinski definition) is 1. The molecule has 2 nitrogen and oxygen atoms in total. The van der Waals surface area contributed by atoms with E-state index in [1.165, 1.54) is 42.0 Å². The fourth-order valence-corrected chi connectivity index (χ4v) is 3.31. The van der Waals surface area contributed by atoms with Crippen LogP contribution >= 0.6 is 0 Å². The van der Waals surface area contributed by atoms with Gasteiger partial charge in [-0.3, -0.25) is 4.98 Å². The highest BCUT2D eigenvalue weighted by atomic mass is 14.9. The Balaban J connectivity index is 1.93. The maximum atomic E-state index is 4.45. The topological polar surface area (TPSA) is 24.9 Å². The zero-order chi connectivity index (χ0) is 14.5. The average molecular weight is 280 g/mol. The smallest absolute Gasteiger partial charge is 0.0379 e. The van der Waals surface area contributed by atoms with Crippen LogP contribution in [0.3, 0.4) is 0 Å². The summed E-state index contributed by atoms with van der Waals surface area (Å²) < 4.78 is 0. The predicted molar refractivity (Wildman–Crippen MR) is 89.3 cm³/mol. The fraction of sp³-hybridized carbons (Fsp3) is 0.421. The second kappa shape index (κ2) is 6.86. The number of aromatic nitrogens is 1. The molecule has 0 radical (unpaired) electrons. The molecule has 1 aliphatic carbocycles. The highest BCUT2D eigenvalue weighted by Gasteiger charge is 2.16. The van der Waals surface area contributed by atoms with Gasteiger partial charge in [0, 0.05) is 23.8 Å². The van der Waals surface area contributed by atoms with Crippen molar-refractivity contribution in [3.8, 4) is 0 Å². The number of fused-ring (bicyclic) bond motifs is 1. The molecule has 3 rings (SSSR count). The van der Waals surface area contributed by atoms with Crippen molar-refractivity contribution in [3.05, 3.63) is 53.9 Å². The average Bonchev–Trinajstić information content (AvgIpc) is 2.55. The first kappa shape index (κ1) is 14.3. The first-order valence-corrected chi connectivity index (χ1v) is 8.12. The molecule has 0 saturated carbocycles. The highest BCUT2D eigenvalue weighted by Crippen LogP contribution is 2.30. The van der Waals surface area contributed by atoms with Gasteiger partial charge in [-0.05, 0) is 49.6 Å². The second-order valence-electron chi connectivity index (χ2n) is 5.87.